The van der Waals surface area contributed by atoms with E-state index in [1.165, 1.54) is 0 Å². The van der Waals surface area contributed by atoms with E-state index < -0.39 is 0 Å². The predicted molar refractivity (Wildman–Crippen MR) is 73.2 cm³/mol. The number of carbonyl (C=O) groups is 1. The van der Waals surface area contributed by atoms with E-state index in [9.17, 15) is 4.79 Å². The van der Waals surface area contributed by atoms with Crippen molar-refractivity contribution >= 4 is 11.7 Å². The Labute approximate surface area is 112 Å². The highest BCUT2D eigenvalue weighted by molar-refractivity contribution is 6.01. The molecule has 0 radical (unpaired) electrons. The molecule has 19 heavy (non-hydrogen) atoms. The first-order valence-electron chi connectivity index (χ1n) is 6.50. The molecular weight excluding hydrogens is 242 g/mol. The van der Waals surface area contributed by atoms with Crippen molar-refractivity contribution in [3.63, 3.8) is 0 Å². The summed E-state index contributed by atoms with van der Waals surface area (Å²) < 4.78 is 0. The maximum absolute atomic E-state index is 12.2. The number of oxime groups is 1. The minimum absolute atomic E-state index is 0.00360. The molecule has 1 aromatic rings. The van der Waals surface area contributed by atoms with Gasteiger partial charge in [-0.05, 0) is 30.9 Å². The molecule has 1 fully saturated rings. The van der Waals surface area contributed by atoms with E-state index >= 15 is 0 Å². The Morgan fingerprint density at radius 2 is 2.16 bits per heavy atom. The highest BCUT2D eigenvalue weighted by Crippen LogP contribution is 2.25. The van der Waals surface area contributed by atoms with Crippen LogP contribution < -0.4 is 11.1 Å². The molecule has 1 aliphatic carbocycles. The Balaban J connectivity index is 2.11. The van der Waals surface area contributed by atoms with E-state index in [2.05, 4.69) is 17.4 Å². The average molecular weight is 261 g/mol. The number of amides is 1. The molecule has 5 heteroatoms. The van der Waals surface area contributed by atoms with Gasteiger partial charge in [0.25, 0.3) is 5.91 Å². The van der Waals surface area contributed by atoms with Crippen molar-refractivity contribution in [2.45, 2.75) is 32.2 Å². The molecule has 5 nitrogen and oxygen atoms in total. The second-order valence-corrected chi connectivity index (χ2v) is 5.05. The number of hydrogen-bond acceptors (Lipinski definition) is 3. The van der Waals surface area contributed by atoms with Crippen LogP contribution in [0.5, 0.6) is 0 Å². The van der Waals surface area contributed by atoms with Gasteiger partial charge in [0.2, 0.25) is 0 Å². The normalized spacial score (nSPS) is 23.3. The third kappa shape index (κ3) is 3.05. The Bertz CT molecular complexity index is 499. The summed E-state index contributed by atoms with van der Waals surface area (Å²) in [6.45, 7) is 2.16. The Morgan fingerprint density at radius 1 is 1.42 bits per heavy atom. The van der Waals surface area contributed by atoms with E-state index in [1.807, 2.05) is 0 Å². The van der Waals surface area contributed by atoms with Gasteiger partial charge in [-0.25, -0.2) is 0 Å². The van der Waals surface area contributed by atoms with Gasteiger partial charge in [-0.1, -0.05) is 30.6 Å². The molecule has 0 saturated heterocycles. The number of hydrogen-bond donors (Lipinski definition) is 3. The predicted octanol–water partition coefficient (Wildman–Crippen LogP) is 1.70. The first-order chi connectivity index (χ1) is 9.11. The largest absolute Gasteiger partial charge is 0.409 e. The van der Waals surface area contributed by atoms with Crippen LogP contribution in [0.4, 0.5) is 0 Å². The Morgan fingerprint density at radius 3 is 2.79 bits per heavy atom. The fourth-order valence-electron chi connectivity index (χ4n) is 2.49. The van der Waals surface area contributed by atoms with Crippen LogP contribution in [-0.4, -0.2) is 23.0 Å². The van der Waals surface area contributed by atoms with Crippen LogP contribution in [0.15, 0.2) is 29.4 Å². The number of rotatable bonds is 3. The van der Waals surface area contributed by atoms with Crippen LogP contribution in [-0.2, 0) is 0 Å². The summed E-state index contributed by atoms with van der Waals surface area (Å²) in [6.07, 6.45) is 3.36. The first-order valence-corrected chi connectivity index (χ1v) is 6.50. The standard InChI is InChI=1S/C14H19N3O2/c1-9-4-2-7-12(9)16-14(18)11-6-3-5-10(8-11)13(15)17-19/h3,5-6,8-9,12,19H,2,4,7H2,1H3,(H2,15,17)(H,16,18). The minimum atomic E-state index is -0.105. The average Bonchev–Trinajstić information content (AvgIpc) is 2.83. The number of carbonyl (C=O) groups excluding carboxylic acids is 1. The monoisotopic (exact) mass is 261 g/mol. The van der Waals surface area contributed by atoms with Crippen molar-refractivity contribution < 1.29 is 10.0 Å². The van der Waals surface area contributed by atoms with E-state index in [-0.39, 0.29) is 17.8 Å². The van der Waals surface area contributed by atoms with E-state index in [1.54, 1.807) is 24.3 Å². The summed E-state index contributed by atoms with van der Waals surface area (Å²) in [5.74, 6) is 0.423. The number of nitrogens with zero attached hydrogens (tertiary/aromatic N) is 1. The molecule has 0 heterocycles. The summed E-state index contributed by atoms with van der Waals surface area (Å²) in [5.41, 5.74) is 6.58. The van der Waals surface area contributed by atoms with Gasteiger partial charge in [0.15, 0.2) is 5.84 Å². The number of amidine groups is 1. The van der Waals surface area contributed by atoms with Crippen molar-refractivity contribution in [1.82, 2.24) is 5.32 Å². The maximum atomic E-state index is 12.2. The van der Waals surface area contributed by atoms with Crippen molar-refractivity contribution in [2.75, 3.05) is 0 Å². The van der Waals surface area contributed by atoms with Crippen molar-refractivity contribution in [2.24, 2.45) is 16.8 Å². The Kier molecular flexibility index (Phi) is 4.04. The molecule has 1 amide bonds. The molecule has 0 aromatic heterocycles. The lowest BCUT2D eigenvalue weighted by Crippen LogP contribution is -2.36. The van der Waals surface area contributed by atoms with E-state index in [0.29, 0.717) is 17.0 Å². The molecule has 0 bridgehead atoms. The summed E-state index contributed by atoms with van der Waals surface area (Å²) >= 11 is 0. The maximum Gasteiger partial charge on any atom is 0.251 e. The quantitative estimate of drug-likeness (QED) is 0.335. The van der Waals surface area contributed by atoms with Gasteiger partial charge in [0, 0.05) is 17.2 Å². The van der Waals surface area contributed by atoms with Gasteiger partial charge in [0.05, 0.1) is 0 Å². The van der Waals surface area contributed by atoms with E-state index in [0.717, 1.165) is 19.3 Å². The number of benzene rings is 1. The van der Waals surface area contributed by atoms with Crippen LogP contribution in [0.3, 0.4) is 0 Å². The van der Waals surface area contributed by atoms with Crippen LogP contribution in [0.2, 0.25) is 0 Å². The van der Waals surface area contributed by atoms with Gasteiger partial charge < -0.3 is 16.3 Å². The second-order valence-electron chi connectivity index (χ2n) is 5.05. The molecule has 1 aliphatic rings. The molecule has 0 aliphatic heterocycles. The highest BCUT2D eigenvalue weighted by Gasteiger charge is 2.25. The fourth-order valence-corrected chi connectivity index (χ4v) is 2.49. The lowest BCUT2D eigenvalue weighted by atomic mass is 10.1. The molecule has 4 N–H and O–H groups in total. The topological polar surface area (TPSA) is 87.7 Å². The molecule has 102 valence electrons. The lowest BCUT2D eigenvalue weighted by molar-refractivity contribution is 0.0929. The van der Waals surface area contributed by atoms with Gasteiger partial charge in [0.1, 0.15) is 0 Å². The number of nitrogens with two attached hydrogens (primary N) is 1. The van der Waals surface area contributed by atoms with Crippen molar-refractivity contribution in [1.29, 1.82) is 0 Å². The van der Waals surface area contributed by atoms with Gasteiger partial charge in [-0.2, -0.15) is 0 Å². The second kappa shape index (κ2) is 5.73. The number of nitrogens with one attached hydrogen (secondary N) is 1. The fraction of sp³-hybridized carbons (Fsp3) is 0.429. The van der Waals surface area contributed by atoms with Crippen LogP contribution in [0, 0.1) is 5.92 Å². The third-order valence-corrected chi connectivity index (χ3v) is 3.71. The Hall–Kier alpha value is -2.04. The zero-order valence-electron chi connectivity index (χ0n) is 11.0. The van der Waals surface area contributed by atoms with Crippen LogP contribution in [0.25, 0.3) is 0 Å². The van der Waals surface area contributed by atoms with Crippen LogP contribution >= 0.6 is 0 Å². The highest BCUT2D eigenvalue weighted by atomic mass is 16.4. The van der Waals surface area contributed by atoms with Gasteiger partial charge in [-0.3, -0.25) is 4.79 Å². The third-order valence-electron chi connectivity index (χ3n) is 3.71. The minimum Gasteiger partial charge on any atom is -0.409 e. The smallest absolute Gasteiger partial charge is 0.251 e. The summed E-state index contributed by atoms with van der Waals surface area (Å²) in [6, 6.07) is 7.03. The van der Waals surface area contributed by atoms with Crippen LogP contribution in [0.1, 0.15) is 42.1 Å². The molecule has 2 unspecified atom stereocenters. The first kappa shape index (κ1) is 13.4. The molecule has 1 aromatic carbocycles. The molecule has 2 rings (SSSR count). The van der Waals surface area contributed by atoms with Crippen molar-refractivity contribution in [3.8, 4) is 0 Å². The summed E-state index contributed by atoms with van der Waals surface area (Å²) in [4.78, 5) is 12.2. The molecule has 2 atom stereocenters. The lowest BCUT2D eigenvalue weighted by Gasteiger charge is -2.17. The van der Waals surface area contributed by atoms with Gasteiger partial charge >= 0.3 is 0 Å². The zero-order chi connectivity index (χ0) is 13.8. The van der Waals surface area contributed by atoms with Gasteiger partial charge in [-0.15, -0.1) is 0 Å². The molecule has 0 spiro atoms. The zero-order valence-corrected chi connectivity index (χ0v) is 11.0. The summed E-state index contributed by atoms with van der Waals surface area (Å²) in [5, 5.41) is 14.6. The molecule has 1 saturated carbocycles. The van der Waals surface area contributed by atoms with E-state index in [4.69, 9.17) is 10.9 Å². The molecular formula is C14H19N3O2. The SMILES string of the molecule is CC1CCCC1NC(=O)c1cccc(C(N)=NO)c1. The van der Waals surface area contributed by atoms with Crippen molar-refractivity contribution in [3.05, 3.63) is 35.4 Å². The summed E-state index contributed by atoms with van der Waals surface area (Å²) in [7, 11) is 0.